The first-order valence-corrected chi connectivity index (χ1v) is 7.22. The van der Waals surface area contributed by atoms with Crippen molar-refractivity contribution in [3.63, 3.8) is 0 Å². The molecule has 0 aliphatic carbocycles. The minimum atomic E-state index is 0.536. The second-order valence-electron chi connectivity index (χ2n) is 4.69. The van der Waals surface area contributed by atoms with Crippen LogP contribution in [0.5, 0.6) is 0 Å². The number of pyridine rings is 1. The summed E-state index contributed by atoms with van der Waals surface area (Å²) < 4.78 is 0. The van der Waals surface area contributed by atoms with Gasteiger partial charge in [-0.25, -0.2) is 4.98 Å². The molecule has 1 fully saturated rings. The van der Waals surface area contributed by atoms with Crippen molar-refractivity contribution in [2.45, 2.75) is 38.6 Å². The Labute approximate surface area is 108 Å². The maximum absolute atomic E-state index is 5.73. The van der Waals surface area contributed by atoms with E-state index >= 15 is 0 Å². The lowest BCUT2D eigenvalue weighted by Crippen LogP contribution is -2.45. The van der Waals surface area contributed by atoms with Gasteiger partial charge in [-0.05, 0) is 31.5 Å². The summed E-state index contributed by atoms with van der Waals surface area (Å²) in [6, 6.07) is 4.73. The molecule has 0 aromatic carbocycles. The number of nitrogens with zero attached hydrogens (tertiary/aromatic N) is 2. The Morgan fingerprint density at radius 2 is 2.24 bits per heavy atom. The van der Waals surface area contributed by atoms with E-state index in [9.17, 15) is 0 Å². The summed E-state index contributed by atoms with van der Waals surface area (Å²) in [6.07, 6.45) is 0. The third kappa shape index (κ3) is 2.75. The van der Waals surface area contributed by atoms with Gasteiger partial charge in [-0.2, -0.15) is 11.8 Å². The highest BCUT2D eigenvalue weighted by atomic mass is 32.2. The topological polar surface area (TPSA) is 42.1 Å². The van der Waals surface area contributed by atoms with E-state index < -0.39 is 0 Å². The number of anilines is 1. The summed E-state index contributed by atoms with van der Waals surface area (Å²) >= 11 is 2.04. The van der Waals surface area contributed by atoms with E-state index in [4.69, 9.17) is 5.73 Å². The van der Waals surface area contributed by atoms with Crippen molar-refractivity contribution < 1.29 is 0 Å². The quantitative estimate of drug-likeness (QED) is 0.875. The normalized spacial score (nSPS) is 25.1. The van der Waals surface area contributed by atoms with E-state index in [1.807, 2.05) is 18.7 Å². The molecule has 1 aromatic rings. The highest BCUT2D eigenvalue weighted by molar-refractivity contribution is 8.00. The molecule has 0 amide bonds. The van der Waals surface area contributed by atoms with Crippen molar-refractivity contribution in [3.05, 3.63) is 23.4 Å². The molecule has 1 aromatic heterocycles. The van der Waals surface area contributed by atoms with Gasteiger partial charge in [-0.3, -0.25) is 0 Å². The maximum Gasteiger partial charge on any atom is 0.129 e. The summed E-state index contributed by atoms with van der Waals surface area (Å²) in [5, 5.41) is 0.660. The van der Waals surface area contributed by atoms with Crippen molar-refractivity contribution in [1.82, 2.24) is 4.98 Å². The van der Waals surface area contributed by atoms with Crippen LogP contribution in [-0.2, 0) is 6.54 Å². The number of hydrogen-bond acceptors (Lipinski definition) is 4. The summed E-state index contributed by atoms with van der Waals surface area (Å²) in [6.45, 7) is 8.28. The Bertz CT molecular complexity index is 394. The van der Waals surface area contributed by atoms with E-state index in [-0.39, 0.29) is 0 Å². The Morgan fingerprint density at radius 1 is 1.47 bits per heavy atom. The standard InChI is InChI=1S/C13H21N3S/c1-9-6-12(8-14)7-13(15-9)16-4-5-17-11(3)10(16)2/h6-7,10-11H,4-5,8,14H2,1-3H3. The van der Waals surface area contributed by atoms with Gasteiger partial charge in [0.15, 0.2) is 0 Å². The van der Waals surface area contributed by atoms with Gasteiger partial charge in [-0.1, -0.05) is 6.92 Å². The zero-order valence-electron chi connectivity index (χ0n) is 10.8. The minimum Gasteiger partial charge on any atom is -0.352 e. The Balaban J connectivity index is 2.29. The second-order valence-corrected chi connectivity index (χ2v) is 6.17. The number of aryl methyl sites for hydroxylation is 1. The van der Waals surface area contributed by atoms with Crippen LogP contribution < -0.4 is 10.6 Å². The number of thioether (sulfide) groups is 1. The molecule has 0 radical (unpaired) electrons. The average molecular weight is 251 g/mol. The van der Waals surface area contributed by atoms with Crippen LogP contribution in [0.1, 0.15) is 25.1 Å². The molecule has 2 heterocycles. The molecule has 3 nitrogen and oxygen atoms in total. The number of aromatic nitrogens is 1. The molecule has 1 saturated heterocycles. The monoisotopic (exact) mass is 251 g/mol. The van der Waals surface area contributed by atoms with Gasteiger partial charge in [0.05, 0.1) is 0 Å². The molecule has 2 rings (SSSR count). The van der Waals surface area contributed by atoms with Gasteiger partial charge in [0.1, 0.15) is 5.82 Å². The third-order valence-electron chi connectivity index (χ3n) is 3.41. The number of rotatable bonds is 2. The lowest BCUT2D eigenvalue weighted by Gasteiger charge is -2.38. The van der Waals surface area contributed by atoms with E-state index in [1.165, 1.54) is 11.3 Å². The highest BCUT2D eigenvalue weighted by Crippen LogP contribution is 2.28. The summed E-state index contributed by atoms with van der Waals surface area (Å²) in [5.41, 5.74) is 7.96. The van der Waals surface area contributed by atoms with Crippen LogP contribution in [0.15, 0.2) is 12.1 Å². The molecular formula is C13H21N3S. The lowest BCUT2D eigenvalue weighted by molar-refractivity contribution is 0.619. The first kappa shape index (κ1) is 12.7. The van der Waals surface area contributed by atoms with E-state index in [0.717, 1.165) is 18.1 Å². The Kier molecular flexibility index (Phi) is 3.94. The fourth-order valence-electron chi connectivity index (χ4n) is 2.24. The molecule has 2 N–H and O–H groups in total. The van der Waals surface area contributed by atoms with Crippen molar-refractivity contribution in [2.75, 3.05) is 17.2 Å². The minimum absolute atomic E-state index is 0.536. The predicted molar refractivity (Wildman–Crippen MR) is 75.6 cm³/mol. The largest absolute Gasteiger partial charge is 0.352 e. The Hall–Kier alpha value is -0.740. The molecule has 0 spiro atoms. The van der Waals surface area contributed by atoms with Gasteiger partial charge < -0.3 is 10.6 Å². The van der Waals surface area contributed by atoms with Crippen LogP contribution in [-0.4, -0.2) is 28.6 Å². The maximum atomic E-state index is 5.73. The van der Waals surface area contributed by atoms with Gasteiger partial charge in [0.2, 0.25) is 0 Å². The molecule has 1 aliphatic heterocycles. The first-order valence-electron chi connectivity index (χ1n) is 6.17. The molecule has 0 bridgehead atoms. The highest BCUT2D eigenvalue weighted by Gasteiger charge is 2.26. The molecular weight excluding hydrogens is 230 g/mol. The molecule has 1 aliphatic rings. The van der Waals surface area contributed by atoms with Gasteiger partial charge in [0.25, 0.3) is 0 Å². The lowest BCUT2D eigenvalue weighted by atomic mass is 10.1. The van der Waals surface area contributed by atoms with Crippen LogP contribution >= 0.6 is 11.8 Å². The SMILES string of the molecule is Cc1cc(CN)cc(N2CCSC(C)C2C)n1. The first-order chi connectivity index (χ1) is 8.11. The predicted octanol–water partition coefficient (Wildman–Crippen LogP) is 2.18. The van der Waals surface area contributed by atoms with E-state index in [1.54, 1.807) is 0 Å². The van der Waals surface area contributed by atoms with Crippen LogP contribution in [0.25, 0.3) is 0 Å². The van der Waals surface area contributed by atoms with Crippen molar-refractivity contribution in [3.8, 4) is 0 Å². The molecule has 4 heteroatoms. The Morgan fingerprint density at radius 3 is 2.94 bits per heavy atom. The van der Waals surface area contributed by atoms with Crippen molar-refractivity contribution in [2.24, 2.45) is 5.73 Å². The molecule has 2 atom stereocenters. The van der Waals surface area contributed by atoms with Crippen molar-refractivity contribution in [1.29, 1.82) is 0 Å². The zero-order valence-corrected chi connectivity index (χ0v) is 11.6. The second kappa shape index (κ2) is 5.27. The number of nitrogens with two attached hydrogens (primary N) is 1. The summed E-state index contributed by atoms with van der Waals surface area (Å²) in [5.74, 6) is 2.27. The third-order valence-corrected chi connectivity index (χ3v) is 4.75. The molecule has 2 unspecified atom stereocenters. The van der Waals surface area contributed by atoms with Crippen LogP contribution in [0.2, 0.25) is 0 Å². The van der Waals surface area contributed by atoms with Gasteiger partial charge >= 0.3 is 0 Å². The van der Waals surface area contributed by atoms with Gasteiger partial charge in [-0.15, -0.1) is 0 Å². The van der Waals surface area contributed by atoms with Crippen molar-refractivity contribution >= 4 is 17.6 Å². The van der Waals surface area contributed by atoms with E-state index in [2.05, 4.69) is 35.9 Å². The molecule has 0 saturated carbocycles. The average Bonchev–Trinajstić information content (AvgIpc) is 2.31. The van der Waals surface area contributed by atoms with Crippen LogP contribution in [0.4, 0.5) is 5.82 Å². The fourth-order valence-corrected chi connectivity index (χ4v) is 3.34. The zero-order chi connectivity index (χ0) is 12.4. The van der Waals surface area contributed by atoms with Crippen LogP contribution in [0.3, 0.4) is 0 Å². The smallest absolute Gasteiger partial charge is 0.129 e. The number of hydrogen-bond donors (Lipinski definition) is 1. The molecule has 94 valence electrons. The van der Waals surface area contributed by atoms with E-state index in [0.29, 0.717) is 17.8 Å². The summed E-state index contributed by atoms with van der Waals surface area (Å²) in [7, 11) is 0. The van der Waals surface area contributed by atoms with Gasteiger partial charge in [0, 0.05) is 35.8 Å². The van der Waals surface area contributed by atoms with Crippen LogP contribution in [0, 0.1) is 6.92 Å². The fraction of sp³-hybridized carbons (Fsp3) is 0.615. The molecule has 17 heavy (non-hydrogen) atoms. The summed E-state index contributed by atoms with van der Waals surface area (Å²) in [4.78, 5) is 7.06.